The molecule has 13 nitrogen and oxygen atoms in total. The van der Waals surface area contributed by atoms with E-state index < -0.39 is 36.0 Å². The average Bonchev–Trinajstić information content (AvgIpc) is 3.29. The highest BCUT2D eigenvalue weighted by Gasteiger charge is 2.28. The zero-order valence-electron chi connectivity index (χ0n) is 24.1. The Morgan fingerprint density at radius 3 is 2.07 bits per heavy atom. The molecule has 0 radical (unpaired) electrons. The second-order valence-corrected chi connectivity index (χ2v) is 10.2. The number of nitrogens with two attached hydrogens (primary N) is 3. The van der Waals surface area contributed by atoms with Gasteiger partial charge in [0.2, 0.25) is 0 Å². The van der Waals surface area contributed by atoms with Gasteiger partial charge in [0.15, 0.2) is 5.96 Å². The van der Waals surface area contributed by atoms with Crippen LogP contribution in [0.4, 0.5) is 0 Å². The van der Waals surface area contributed by atoms with E-state index >= 15 is 0 Å². The van der Waals surface area contributed by atoms with Gasteiger partial charge in [0.05, 0.1) is 0 Å². The van der Waals surface area contributed by atoms with Crippen molar-refractivity contribution in [3.05, 3.63) is 71.3 Å². The van der Waals surface area contributed by atoms with Crippen LogP contribution in [-0.4, -0.2) is 81.2 Å². The summed E-state index contributed by atoms with van der Waals surface area (Å²) in [6.07, 6.45) is 3.36. The molecule has 10 N–H and O–H groups in total. The number of hydrogen-bond donors (Lipinski definition) is 7. The molecule has 0 saturated carbocycles. The summed E-state index contributed by atoms with van der Waals surface area (Å²) in [6, 6.07) is 14.4. The number of carbonyl (C=O) groups excluding carboxylic acids is 1. The molecule has 13 heteroatoms. The molecular weight excluding hydrogens is 556 g/mol. The smallest absolute Gasteiger partial charge is 0.320 e. The first-order valence-corrected chi connectivity index (χ1v) is 14.2. The maximum atomic E-state index is 12.4. The summed E-state index contributed by atoms with van der Waals surface area (Å²) in [4.78, 5) is 51.4. The van der Waals surface area contributed by atoms with E-state index in [0.717, 1.165) is 16.7 Å². The molecule has 0 spiro atoms. The highest BCUT2D eigenvalue weighted by Crippen LogP contribution is 2.22. The standard InChI is InChI=1S/C24H28N2O5.C6H14N4O2/c27-22-19-11-5-4-10-18(19)16-26(22)15-7-6-12-20(23(28)29)25-21(24(30)31)14-13-17-8-2-1-3-9-17;7-4(5(11)12)2-1-3-10-6(8)9/h1-5,8-11,20-21,25H,6-7,12-16H2,(H,28,29)(H,30,31);4H,1-3,7H2,(H,11,12)(H4,8,9,10)/t20-,21+;4-/m10/s1. The van der Waals surface area contributed by atoms with Crippen LogP contribution in [0, 0.1) is 0 Å². The van der Waals surface area contributed by atoms with E-state index in [1.165, 1.54) is 0 Å². The van der Waals surface area contributed by atoms with E-state index in [2.05, 4.69) is 10.3 Å². The molecule has 0 unspecified atom stereocenters. The summed E-state index contributed by atoms with van der Waals surface area (Å²) in [5, 5.41) is 30.2. The van der Waals surface area contributed by atoms with Crippen molar-refractivity contribution in [1.29, 1.82) is 0 Å². The molecular formula is C30H42N6O7. The second-order valence-electron chi connectivity index (χ2n) is 10.2. The van der Waals surface area contributed by atoms with Crippen molar-refractivity contribution >= 4 is 29.8 Å². The quantitative estimate of drug-likeness (QED) is 0.0780. The summed E-state index contributed by atoms with van der Waals surface area (Å²) in [6.45, 7) is 1.55. The Labute approximate surface area is 250 Å². The lowest BCUT2D eigenvalue weighted by molar-refractivity contribution is -0.143. The van der Waals surface area contributed by atoms with Crippen LogP contribution in [-0.2, 0) is 27.3 Å². The minimum atomic E-state index is -1.06. The molecule has 0 aromatic heterocycles. The van der Waals surface area contributed by atoms with Gasteiger partial charge in [-0.2, -0.15) is 0 Å². The Morgan fingerprint density at radius 1 is 0.837 bits per heavy atom. The number of amides is 1. The summed E-state index contributed by atoms with van der Waals surface area (Å²) in [5.41, 5.74) is 18.1. The molecule has 0 fully saturated rings. The molecule has 2 aromatic carbocycles. The van der Waals surface area contributed by atoms with Crippen molar-refractivity contribution in [2.45, 2.75) is 69.6 Å². The minimum absolute atomic E-state index is 0.00960. The molecule has 1 aliphatic rings. The fourth-order valence-electron chi connectivity index (χ4n) is 4.54. The molecule has 0 aliphatic carbocycles. The number of carboxylic acid groups (broad SMARTS) is 3. The van der Waals surface area contributed by atoms with Gasteiger partial charge in [-0.25, -0.2) is 0 Å². The topological polar surface area (TPSA) is 235 Å². The van der Waals surface area contributed by atoms with Gasteiger partial charge in [-0.05, 0) is 62.1 Å². The number of rotatable bonds is 17. The molecule has 1 aliphatic heterocycles. The first-order valence-electron chi connectivity index (χ1n) is 14.2. The second kappa shape index (κ2) is 18.1. The van der Waals surface area contributed by atoms with Crippen LogP contribution in [0.25, 0.3) is 0 Å². The first-order chi connectivity index (χ1) is 20.5. The SMILES string of the molecule is NC(N)=NCCC[C@H](N)C(=O)O.O=C(O)[C@H](CCc1ccccc1)N[C@H](CCCCN1Cc2ccccc2C1=O)C(=O)O. The molecule has 3 rings (SSSR count). The number of hydrogen-bond acceptors (Lipinski definition) is 7. The monoisotopic (exact) mass is 598 g/mol. The summed E-state index contributed by atoms with van der Waals surface area (Å²) in [5.74, 6) is -3.09. The van der Waals surface area contributed by atoms with Crippen LogP contribution < -0.4 is 22.5 Å². The van der Waals surface area contributed by atoms with Gasteiger partial charge in [-0.1, -0.05) is 48.5 Å². The molecule has 1 amide bonds. The Morgan fingerprint density at radius 2 is 1.47 bits per heavy atom. The van der Waals surface area contributed by atoms with Gasteiger partial charge in [0, 0.05) is 25.2 Å². The number of nitrogens with one attached hydrogen (secondary N) is 1. The third-order valence-electron chi connectivity index (χ3n) is 6.91. The van der Waals surface area contributed by atoms with E-state index in [1.807, 2.05) is 54.6 Å². The van der Waals surface area contributed by atoms with Crippen LogP contribution in [0.5, 0.6) is 0 Å². The van der Waals surface area contributed by atoms with E-state index in [1.54, 1.807) is 4.90 Å². The average molecular weight is 599 g/mol. The molecule has 0 bridgehead atoms. The number of aliphatic imine (C=N–C) groups is 1. The number of aliphatic carboxylic acids is 3. The van der Waals surface area contributed by atoms with E-state index in [4.69, 9.17) is 22.3 Å². The third-order valence-corrected chi connectivity index (χ3v) is 6.91. The van der Waals surface area contributed by atoms with Crippen molar-refractivity contribution in [3.8, 4) is 0 Å². The van der Waals surface area contributed by atoms with Crippen molar-refractivity contribution in [3.63, 3.8) is 0 Å². The number of fused-ring (bicyclic) bond motifs is 1. The lowest BCUT2D eigenvalue weighted by Gasteiger charge is -2.21. The van der Waals surface area contributed by atoms with Gasteiger partial charge in [0.25, 0.3) is 5.91 Å². The highest BCUT2D eigenvalue weighted by atomic mass is 16.4. The zero-order chi connectivity index (χ0) is 31.8. The molecule has 0 saturated heterocycles. The number of carboxylic acids is 3. The van der Waals surface area contributed by atoms with Gasteiger partial charge in [-0.3, -0.25) is 29.5 Å². The van der Waals surface area contributed by atoms with Crippen LogP contribution in [0.2, 0.25) is 0 Å². The van der Waals surface area contributed by atoms with Gasteiger partial charge < -0.3 is 37.4 Å². The predicted octanol–water partition coefficient (Wildman–Crippen LogP) is 1.39. The highest BCUT2D eigenvalue weighted by molar-refractivity contribution is 5.98. The number of benzene rings is 2. The number of nitrogens with zero attached hydrogens (tertiary/aromatic N) is 2. The van der Waals surface area contributed by atoms with Crippen LogP contribution in [0.15, 0.2) is 59.6 Å². The minimum Gasteiger partial charge on any atom is -0.480 e. The maximum Gasteiger partial charge on any atom is 0.320 e. The summed E-state index contributed by atoms with van der Waals surface area (Å²) < 4.78 is 0. The van der Waals surface area contributed by atoms with Crippen LogP contribution in [0.3, 0.4) is 0 Å². The van der Waals surface area contributed by atoms with Crippen LogP contribution in [0.1, 0.15) is 60.0 Å². The van der Waals surface area contributed by atoms with E-state index in [0.29, 0.717) is 64.6 Å². The van der Waals surface area contributed by atoms with Crippen molar-refractivity contribution in [2.75, 3.05) is 13.1 Å². The van der Waals surface area contributed by atoms with E-state index in [9.17, 15) is 29.4 Å². The third kappa shape index (κ3) is 12.5. The lowest BCUT2D eigenvalue weighted by atomic mass is 10.0. The molecule has 3 atom stereocenters. The van der Waals surface area contributed by atoms with Gasteiger partial charge in [-0.15, -0.1) is 0 Å². The Bertz CT molecular complexity index is 1240. The Kier molecular flexibility index (Phi) is 14.6. The number of aryl methyl sites for hydroxylation is 1. The fourth-order valence-corrected chi connectivity index (χ4v) is 4.54. The molecule has 234 valence electrons. The Hall–Kier alpha value is -4.49. The lowest BCUT2D eigenvalue weighted by Crippen LogP contribution is -2.47. The largest absolute Gasteiger partial charge is 0.480 e. The zero-order valence-corrected chi connectivity index (χ0v) is 24.1. The van der Waals surface area contributed by atoms with Crippen molar-refractivity contribution in [2.24, 2.45) is 22.2 Å². The van der Waals surface area contributed by atoms with E-state index in [-0.39, 0.29) is 11.9 Å². The number of unbranched alkanes of at least 4 members (excludes halogenated alkanes) is 1. The molecule has 2 aromatic rings. The number of guanidine groups is 1. The van der Waals surface area contributed by atoms with Gasteiger partial charge >= 0.3 is 17.9 Å². The number of carbonyl (C=O) groups is 4. The van der Waals surface area contributed by atoms with Crippen LogP contribution >= 0.6 is 0 Å². The molecule has 1 heterocycles. The van der Waals surface area contributed by atoms with Crippen molar-refractivity contribution < 1.29 is 34.5 Å². The normalized spacial score (nSPS) is 14.1. The maximum absolute atomic E-state index is 12.4. The fraction of sp³-hybridized carbons (Fsp3) is 0.433. The first kappa shape index (κ1) is 34.7. The van der Waals surface area contributed by atoms with Crippen molar-refractivity contribution in [1.82, 2.24) is 10.2 Å². The summed E-state index contributed by atoms with van der Waals surface area (Å²) in [7, 11) is 0. The molecule has 43 heavy (non-hydrogen) atoms. The predicted molar refractivity (Wildman–Crippen MR) is 161 cm³/mol. The summed E-state index contributed by atoms with van der Waals surface area (Å²) >= 11 is 0. The van der Waals surface area contributed by atoms with Gasteiger partial charge in [0.1, 0.15) is 18.1 Å². The Balaban J connectivity index is 0.000000455.